The lowest BCUT2D eigenvalue weighted by Crippen LogP contribution is -2.36. The number of benzene rings is 1. The molecule has 1 heterocycles. The Kier molecular flexibility index (Phi) is 4.12. The van der Waals surface area contributed by atoms with Gasteiger partial charge in [-0.2, -0.15) is 0 Å². The van der Waals surface area contributed by atoms with E-state index < -0.39 is 11.5 Å². The van der Waals surface area contributed by atoms with Crippen molar-refractivity contribution >= 4 is 11.9 Å². The number of allylic oxidation sites excluding steroid dienone is 2. The number of carbonyl (C=O) groups is 1. The third kappa shape index (κ3) is 3.48. The van der Waals surface area contributed by atoms with Gasteiger partial charge in [-0.05, 0) is 24.6 Å². The van der Waals surface area contributed by atoms with Crippen molar-refractivity contribution < 1.29 is 14.3 Å². The Balaban J connectivity index is 1.76. The first-order valence-corrected chi connectivity index (χ1v) is 7.43. The number of nitrogens with zero attached hydrogens (tertiary/aromatic N) is 2. The number of hydrogen-bond acceptors (Lipinski definition) is 4. The number of anilines is 1. The maximum atomic E-state index is 13.3. The van der Waals surface area contributed by atoms with Gasteiger partial charge in [-0.1, -0.05) is 30.4 Å². The van der Waals surface area contributed by atoms with Crippen LogP contribution >= 0.6 is 0 Å². The smallest absolute Gasteiger partial charge is 0.331 e. The Morgan fingerprint density at radius 2 is 2.04 bits per heavy atom. The summed E-state index contributed by atoms with van der Waals surface area (Å²) in [6, 6.07) is 6.21. The largest absolute Gasteiger partial charge is 0.478 e. The van der Waals surface area contributed by atoms with E-state index in [9.17, 15) is 9.18 Å². The van der Waals surface area contributed by atoms with Gasteiger partial charge in [-0.25, -0.2) is 19.2 Å². The van der Waals surface area contributed by atoms with Crippen molar-refractivity contribution in [3.05, 3.63) is 66.3 Å². The highest BCUT2D eigenvalue weighted by atomic mass is 19.1. The second-order valence-electron chi connectivity index (χ2n) is 5.88. The highest BCUT2D eigenvalue weighted by Gasteiger charge is 2.28. The van der Waals surface area contributed by atoms with E-state index in [2.05, 4.69) is 15.3 Å². The number of nitrogens with one attached hydrogen (secondary N) is 1. The van der Waals surface area contributed by atoms with Crippen LogP contribution < -0.4 is 5.32 Å². The van der Waals surface area contributed by atoms with E-state index in [1.807, 2.05) is 13.0 Å². The predicted molar refractivity (Wildman–Crippen MR) is 88.9 cm³/mol. The summed E-state index contributed by atoms with van der Waals surface area (Å²) in [5.41, 5.74) is 1.14. The van der Waals surface area contributed by atoms with Crippen molar-refractivity contribution in [2.45, 2.75) is 18.9 Å². The Hall–Kier alpha value is -3.02. The zero-order valence-corrected chi connectivity index (χ0v) is 13.0. The molecule has 0 amide bonds. The van der Waals surface area contributed by atoms with E-state index in [1.54, 1.807) is 36.7 Å². The Labute approximate surface area is 138 Å². The summed E-state index contributed by atoms with van der Waals surface area (Å²) in [4.78, 5) is 19.6. The molecule has 1 unspecified atom stereocenters. The molecule has 0 bridgehead atoms. The minimum Gasteiger partial charge on any atom is -0.478 e. The van der Waals surface area contributed by atoms with Gasteiger partial charge in [0.25, 0.3) is 0 Å². The first-order chi connectivity index (χ1) is 11.5. The second kappa shape index (κ2) is 6.23. The van der Waals surface area contributed by atoms with Gasteiger partial charge < -0.3 is 10.4 Å². The molecule has 24 heavy (non-hydrogen) atoms. The Morgan fingerprint density at radius 3 is 2.71 bits per heavy atom. The van der Waals surface area contributed by atoms with Gasteiger partial charge in [0.05, 0.1) is 5.54 Å². The fraction of sp³-hybridized carbons (Fsp3) is 0.167. The SMILES string of the molecule is CC1(Nc2ncc(-c3cccc(F)c3)cn2)C=CC=C(C(=O)O)C1. The molecule has 5 nitrogen and oxygen atoms in total. The van der Waals surface area contributed by atoms with Crippen LogP contribution in [0.15, 0.2) is 60.5 Å². The van der Waals surface area contributed by atoms with Crippen LogP contribution in [0, 0.1) is 5.82 Å². The summed E-state index contributed by atoms with van der Waals surface area (Å²) in [6.07, 6.45) is 8.71. The quantitative estimate of drug-likeness (QED) is 0.901. The zero-order chi connectivity index (χ0) is 17.2. The molecule has 1 aromatic carbocycles. The molecule has 2 aromatic rings. The number of rotatable bonds is 4. The first kappa shape index (κ1) is 15.9. The molecule has 0 saturated heterocycles. The van der Waals surface area contributed by atoms with E-state index in [0.29, 0.717) is 29.1 Å². The van der Waals surface area contributed by atoms with Crippen LogP contribution in [-0.2, 0) is 4.79 Å². The van der Waals surface area contributed by atoms with Gasteiger partial charge >= 0.3 is 5.97 Å². The number of halogens is 1. The zero-order valence-electron chi connectivity index (χ0n) is 13.0. The molecule has 0 spiro atoms. The second-order valence-corrected chi connectivity index (χ2v) is 5.88. The maximum Gasteiger partial charge on any atom is 0.331 e. The molecule has 1 aromatic heterocycles. The monoisotopic (exact) mass is 325 g/mol. The van der Waals surface area contributed by atoms with Gasteiger partial charge in [0, 0.05) is 30.0 Å². The van der Waals surface area contributed by atoms with Crippen LogP contribution in [-0.4, -0.2) is 26.6 Å². The molecule has 2 N–H and O–H groups in total. The molecule has 1 aliphatic rings. The predicted octanol–water partition coefficient (Wildman–Crippen LogP) is 3.42. The Morgan fingerprint density at radius 1 is 1.29 bits per heavy atom. The van der Waals surface area contributed by atoms with E-state index in [4.69, 9.17) is 5.11 Å². The number of carboxylic acids is 1. The van der Waals surface area contributed by atoms with E-state index in [-0.39, 0.29) is 5.82 Å². The van der Waals surface area contributed by atoms with Crippen LogP contribution in [0.25, 0.3) is 11.1 Å². The number of carboxylic acid groups (broad SMARTS) is 1. The fourth-order valence-corrected chi connectivity index (χ4v) is 2.59. The number of aromatic nitrogens is 2. The van der Waals surface area contributed by atoms with Gasteiger partial charge in [-0.15, -0.1) is 0 Å². The molecule has 1 atom stereocenters. The summed E-state index contributed by atoms with van der Waals surface area (Å²) >= 11 is 0. The normalized spacial score (nSPS) is 19.7. The van der Waals surface area contributed by atoms with Gasteiger partial charge in [0.1, 0.15) is 5.82 Å². The fourth-order valence-electron chi connectivity index (χ4n) is 2.59. The minimum absolute atomic E-state index is 0.317. The van der Waals surface area contributed by atoms with Crippen molar-refractivity contribution in [1.29, 1.82) is 0 Å². The van der Waals surface area contributed by atoms with E-state index >= 15 is 0 Å². The highest BCUT2D eigenvalue weighted by molar-refractivity contribution is 5.87. The van der Waals surface area contributed by atoms with Gasteiger partial charge in [0.2, 0.25) is 5.95 Å². The van der Waals surface area contributed by atoms with Crippen LogP contribution in [0.5, 0.6) is 0 Å². The van der Waals surface area contributed by atoms with Crippen molar-refractivity contribution in [3.8, 4) is 11.1 Å². The van der Waals surface area contributed by atoms with Crippen LogP contribution in [0.4, 0.5) is 10.3 Å². The molecule has 0 radical (unpaired) electrons. The first-order valence-electron chi connectivity index (χ1n) is 7.43. The van der Waals surface area contributed by atoms with Crippen molar-refractivity contribution in [3.63, 3.8) is 0 Å². The lowest BCUT2D eigenvalue weighted by molar-refractivity contribution is -0.132. The molecular weight excluding hydrogens is 309 g/mol. The maximum absolute atomic E-state index is 13.3. The van der Waals surface area contributed by atoms with Crippen molar-refractivity contribution in [2.75, 3.05) is 5.32 Å². The third-order valence-corrected chi connectivity index (χ3v) is 3.80. The summed E-state index contributed by atoms with van der Waals surface area (Å²) in [5, 5.41) is 12.3. The topological polar surface area (TPSA) is 75.1 Å². The van der Waals surface area contributed by atoms with Crippen molar-refractivity contribution in [2.24, 2.45) is 0 Å². The summed E-state index contributed by atoms with van der Waals surface area (Å²) < 4.78 is 13.3. The summed E-state index contributed by atoms with van der Waals surface area (Å²) in [5.74, 6) is -0.869. The summed E-state index contributed by atoms with van der Waals surface area (Å²) in [7, 11) is 0. The van der Waals surface area contributed by atoms with Crippen LogP contribution in [0.1, 0.15) is 13.3 Å². The molecule has 6 heteroatoms. The molecule has 0 saturated carbocycles. The highest BCUT2D eigenvalue weighted by Crippen LogP contribution is 2.26. The van der Waals surface area contributed by atoms with Crippen molar-refractivity contribution in [1.82, 2.24) is 9.97 Å². The Bertz CT molecular complexity index is 830. The average Bonchev–Trinajstić information content (AvgIpc) is 2.55. The average molecular weight is 325 g/mol. The van der Waals surface area contributed by atoms with Crippen LogP contribution in [0.3, 0.4) is 0 Å². The number of aliphatic carboxylic acids is 1. The molecular formula is C18H16FN3O2. The molecule has 1 aliphatic carbocycles. The molecule has 0 fully saturated rings. The lowest BCUT2D eigenvalue weighted by Gasteiger charge is -2.29. The van der Waals surface area contributed by atoms with E-state index in [1.165, 1.54) is 12.1 Å². The van der Waals surface area contributed by atoms with Gasteiger partial charge in [-0.3, -0.25) is 0 Å². The molecule has 3 rings (SSSR count). The van der Waals surface area contributed by atoms with E-state index in [0.717, 1.165) is 0 Å². The minimum atomic E-state index is -0.935. The summed E-state index contributed by atoms with van der Waals surface area (Å²) in [6.45, 7) is 1.88. The molecule has 0 aliphatic heterocycles. The third-order valence-electron chi connectivity index (χ3n) is 3.80. The standard InChI is InChI=1S/C18H16FN3O2/c1-18(7-3-5-13(9-18)16(23)24)22-17-20-10-14(11-21-17)12-4-2-6-15(19)8-12/h2-8,10-11H,9H2,1H3,(H,23,24)(H,20,21,22). The number of hydrogen-bond donors (Lipinski definition) is 2. The van der Waals surface area contributed by atoms with Gasteiger partial charge in [0.15, 0.2) is 0 Å². The molecule has 122 valence electrons. The lowest BCUT2D eigenvalue weighted by atomic mass is 9.88. The van der Waals surface area contributed by atoms with Crippen LogP contribution in [0.2, 0.25) is 0 Å².